The molecule has 5 heteroatoms. The van der Waals surface area contributed by atoms with Crippen LogP contribution in [0.3, 0.4) is 0 Å². The van der Waals surface area contributed by atoms with Gasteiger partial charge < -0.3 is 15.7 Å². The van der Waals surface area contributed by atoms with Crippen LogP contribution in [0.5, 0.6) is 0 Å². The molecule has 5 nitrogen and oxygen atoms in total. The summed E-state index contributed by atoms with van der Waals surface area (Å²) in [6.07, 6.45) is 1.92. The Kier molecular flexibility index (Phi) is 5.76. The first kappa shape index (κ1) is 15.4. The zero-order valence-corrected chi connectivity index (χ0v) is 12.0. The van der Waals surface area contributed by atoms with Crippen LogP contribution in [0.1, 0.15) is 37.9 Å². The number of hydrogen-bond acceptors (Lipinski definition) is 4. The molecule has 106 valence electrons. The van der Waals surface area contributed by atoms with E-state index in [-0.39, 0.29) is 12.4 Å². The lowest BCUT2D eigenvalue weighted by Gasteiger charge is -2.32. The third kappa shape index (κ3) is 3.67. The van der Waals surface area contributed by atoms with Crippen LogP contribution in [0.4, 0.5) is 5.82 Å². The molecule has 0 saturated carbocycles. The number of aryl methyl sites for hydroxylation is 1. The second-order valence-corrected chi connectivity index (χ2v) is 4.62. The highest BCUT2D eigenvalue weighted by atomic mass is 16.3. The topological polar surface area (TPSA) is 86.2 Å². The average molecular weight is 264 g/mol. The highest BCUT2D eigenvalue weighted by molar-refractivity contribution is 5.99. The number of hydrogen-bond donors (Lipinski definition) is 3. The Balaban J connectivity index is 3.27. The quantitative estimate of drug-likeness (QED) is 0.516. The highest BCUT2D eigenvalue weighted by Crippen LogP contribution is 2.23. The molecule has 0 aliphatic carbocycles. The van der Waals surface area contributed by atoms with Gasteiger partial charge >= 0.3 is 0 Å². The van der Waals surface area contributed by atoms with E-state index in [1.807, 2.05) is 19.1 Å². The minimum absolute atomic E-state index is 0.0106. The van der Waals surface area contributed by atoms with Crippen molar-refractivity contribution in [3.8, 4) is 0 Å². The van der Waals surface area contributed by atoms with Crippen molar-refractivity contribution in [3.63, 3.8) is 0 Å². The number of rotatable bonds is 7. The van der Waals surface area contributed by atoms with Gasteiger partial charge in [0.05, 0.1) is 12.2 Å². The molecule has 19 heavy (non-hydrogen) atoms. The minimum Gasteiger partial charge on any atom is -0.395 e. The molecule has 0 radical (unpaired) electrons. The summed E-state index contributed by atoms with van der Waals surface area (Å²) in [5.41, 5.74) is 7.15. The van der Waals surface area contributed by atoms with Gasteiger partial charge in [0.2, 0.25) is 0 Å². The maximum absolute atomic E-state index is 9.28. The molecule has 1 rings (SSSR count). The van der Waals surface area contributed by atoms with Crippen molar-refractivity contribution in [2.45, 2.75) is 39.7 Å². The van der Waals surface area contributed by atoms with Gasteiger partial charge in [0, 0.05) is 18.3 Å². The van der Waals surface area contributed by atoms with Crippen molar-refractivity contribution in [1.82, 2.24) is 4.98 Å². The van der Waals surface area contributed by atoms with Crippen LogP contribution in [0.15, 0.2) is 12.1 Å². The van der Waals surface area contributed by atoms with Crippen LogP contribution < -0.4 is 10.6 Å². The van der Waals surface area contributed by atoms with Crippen molar-refractivity contribution in [2.75, 3.05) is 18.1 Å². The summed E-state index contributed by atoms with van der Waals surface area (Å²) in [5, 5.41) is 17.0. The first-order valence-corrected chi connectivity index (χ1v) is 6.74. The lowest BCUT2D eigenvalue weighted by Crippen LogP contribution is -2.39. The fraction of sp³-hybridized carbons (Fsp3) is 0.571. The standard InChI is InChI=1S/C14H24N4O/c1-4-11(5-2)18(8-9-19)14-12(13(15)16)7-6-10(3)17-14/h6-7,11,19H,4-5,8-9H2,1-3H3,(H3,15,16). The zero-order valence-electron chi connectivity index (χ0n) is 12.0. The Hall–Kier alpha value is -1.62. The monoisotopic (exact) mass is 264 g/mol. The van der Waals surface area contributed by atoms with Gasteiger partial charge in [-0.15, -0.1) is 0 Å². The Bertz CT molecular complexity index is 429. The molecule has 0 aliphatic heterocycles. The third-order valence-electron chi connectivity index (χ3n) is 3.30. The van der Waals surface area contributed by atoms with Crippen LogP contribution >= 0.6 is 0 Å². The van der Waals surface area contributed by atoms with E-state index in [2.05, 4.69) is 23.7 Å². The third-order valence-corrected chi connectivity index (χ3v) is 3.30. The lowest BCUT2D eigenvalue weighted by atomic mass is 10.1. The number of nitrogens with two attached hydrogens (primary N) is 1. The van der Waals surface area contributed by atoms with Crippen molar-refractivity contribution in [2.24, 2.45) is 5.73 Å². The smallest absolute Gasteiger partial charge is 0.140 e. The SMILES string of the molecule is CCC(CC)N(CCO)c1nc(C)ccc1C(=N)N. The van der Waals surface area contributed by atoms with E-state index in [0.29, 0.717) is 24.0 Å². The average Bonchev–Trinajstić information content (AvgIpc) is 2.38. The second-order valence-electron chi connectivity index (χ2n) is 4.62. The molecule has 0 amide bonds. The molecule has 1 aromatic heterocycles. The lowest BCUT2D eigenvalue weighted by molar-refractivity contribution is 0.295. The Morgan fingerprint density at radius 2 is 2.05 bits per heavy atom. The molecule has 4 N–H and O–H groups in total. The molecular formula is C14H24N4O. The molecule has 0 fully saturated rings. The van der Waals surface area contributed by atoms with Crippen molar-refractivity contribution < 1.29 is 5.11 Å². The Labute approximate surface area is 115 Å². The number of aromatic nitrogens is 1. The van der Waals surface area contributed by atoms with E-state index in [4.69, 9.17) is 11.1 Å². The number of nitrogens with zero attached hydrogens (tertiary/aromatic N) is 2. The summed E-state index contributed by atoms with van der Waals surface area (Å²) in [4.78, 5) is 6.58. The van der Waals surface area contributed by atoms with Crippen LogP contribution in [0, 0.1) is 12.3 Å². The Morgan fingerprint density at radius 1 is 1.42 bits per heavy atom. The first-order chi connectivity index (χ1) is 9.04. The van der Waals surface area contributed by atoms with Gasteiger partial charge in [-0.1, -0.05) is 13.8 Å². The van der Waals surface area contributed by atoms with Gasteiger partial charge in [-0.2, -0.15) is 0 Å². The Morgan fingerprint density at radius 3 is 2.53 bits per heavy atom. The largest absolute Gasteiger partial charge is 0.395 e. The zero-order chi connectivity index (χ0) is 14.4. The fourth-order valence-corrected chi connectivity index (χ4v) is 2.27. The minimum atomic E-state index is 0.0106. The molecule has 0 aliphatic rings. The van der Waals surface area contributed by atoms with E-state index < -0.39 is 0 Å². The second kappa shape index (κ2) is 7.09. The summed E-state index contributed by atoms with van der Waals surface area (Å²) in [6.45, 7) is 6.70. The summed E-state index contributed by atoms with van der Waals surface area (Å²) in [5.74, 6) is 0.714. The number of nitrogen functional groups attached to an aromatic ring is 1. The molecule has 0 spiro atoms. The molecular weight excluding hydrogens is 240 g/mol. The van der Waals surface area contributed by atoms with Crippen molar-refractivity contribution in [3.05, 3.63) is 23.4 Å². The first-order valence-electron chi connectivity index (χ1n) is 6.74. The number of amidine groups is 1. The summed E-state index contributed by atoms with van der Waals surface area (Å²) < 4.78 is 0. The molecule has 0 atom stereocenters. The van der Waals surface area contributed by atoms with Gasteiger partial charge in [-0.05, 0) is 31.9 Å². The van der Waals surface area contributed by atoms with Gasteiger partial charge in [-0.25, -0.2) is 4.98 Å². The van der Waals surface area contributed by atoms with E-state index >= 15 is 0 Å². The van der Waals surface area contributed by atoms with Gasteiger partial charge in [-0.3, -0.25) is 5.41 Å². The number of aliphatic hydroxyl groups is 1. The number of anilines is 1. The highest BCUT2D eigenvalue weighted by Gasteiger charge is 2.20. The summed E-state index contributed by atoms with van der Waals surface area (Å²) >= 11 is 0. The molecule has 0 aromatic carbocycles. The molecule has 0 saturated heterocycles. The van der Waals surface area contributed by atoms with E-state index in [9.17, 15) is 5.11 Å². The van der Waals surface area contributed by atoms with Gasteiger partial charge in [0.25, 0.3) is 0 Å². The maximum atomic E-state index is 9.28. The summed E-state index contributed by atoms with van der Waals surface area (Å²) in [6, 6.07) is 3.97. The molecule has 1 heterocycles. The van der Waals surface area contributed by atoms with Crippen LogP contribution in [0.25, 0.3) is 0 Å². The maximum Gasteiger partial charge on any atom is 0.140 e. The normalized spacial score (nSPS) is 10.8. The molecule has 0 unspecified atom stereocenters. The van der Waals surface area contributed by atoms with E-state index in [1.165, 1.54) is 0 Å². The molecule has 0 bridgehead atoms. The predicted octanol–water partition coefficient (Wildman–Crippen LogP) is 1.66. The number of aliphatic hydroxyl groups excluding tert-OH is 1. The predicted molar refractivity (Wildman–Crippen MR) is 78.8 cm³/mol. The van der Waals surface area contributed by atoms with Crippen molar-refractivity contribution >= 4 is 11.7 Å². The van der Waals surface area contributed by atoms with Crippen LogP contribution in [-0.4, -0.2) is 35.1 Å². The summed E-state index contributed by atoms with van der Waals surface area (Å²) in [7, 11) is 0. The fourth-order valence-electron chi connectivity index (χ4n) is 2.27. The van der Waals surface area contributed by atoms with E-state index in [0.717, 1.165) is 18.5 Å². The van der Waals surface area contributed by atoms with Gasteiger partial charge in [0.1, 0.15) is 11.7 Å². The number of pyridine rings is 1. The van der Waals surface area contributed by atoms with E-state index in [1.54, 1.807) is 0 Å². The van der Waals surface area contributed by atoms with Crippen LogP contribution in [-0.2, 0) is 0 Å². The van der Waals surface area contributed by atoms with Crippen molar-refractivity contribution in [1.29, 1.82) is 5.41 Å². The van der Waals surface area contributed by atoms with Gasteiger partial charge in [0.15, 0.2) is 0 Å². The molecule has 1 aromatic rings. The van der Waals surface area contributed by atoms with Crippen LogP contribution in [0.2, 0.25) is 0 Å². The number of nitrogens with one attached hydrogen (secondary N) is 1.